The van der Waals surface area contributed by atoms with Gasteiger partial charge in [0.2, 0.25) is 0 Å². The molecular formula is C30H36BrN3O3. The average molecular weight is 567 g/mol. The van der Waals surface area contributed by atoms with Crippen molar-refractivity contribution in [2.24, 2.45) is 5.10 Å². The summed E-state index contributed by atoms with van der Waals surface area (Å²) in [7, 11) is 0. The monoisotopic (exact) mass is 565 g/mol. The number of hydrogen-bond donors (Lipinski definition) is 0. The van der Waals surface area contributed by atoms with Gasteiger partial charge in [-0.3, -0.25) is 4.79 Å². The molecule has 6 nitrogen and oxygen atoms in total. The molecule has 0 amide bonds. The fourth-order valence-electron chi connectivity index (χ4n) is 4.77. The summed E-state index contributed by atoms with van der Waals surface area (Å²) in [5.74, 6) is 2.37. The molecule has 0 unspecified atom stereocenters. The van der Waals surface area contributed by atoms with E-state index in [1.165, 1.54) is 11.1 Å². The summed E-state index contributed by atoms with van der Waals surface area (Å²) in [6.07, 6.45) is 10.7. The van der Waals surface area contributed by atoms with E-state index in [-0.39, 0.29) is 17.6 Å². The van der Waals surface area contributed by atoms with Crippen LogP contribution in [0.3, 0.4) is 0 Å². The highest BCUT2D eigenvalue weighted by atomic mass is 79.9. The Balaban J connectivity index is 1.83. The Morgan fingerprint density at radius 1 is 1.22 bits per heavy atom. The molecule has 3 aromatic rings. The van der Waals surface area contributed by atoms with Gasteiger partial charge < -0.3 is 9.47 Å². The first-order valence-electron chi connectivity index (χ1n) is 13.3. The molecule has 0 N–H and O–H groups in total. The van der Waals surface area contributed by atoms with Crippen molar-refractivity contribution < 1.29 is 9.47 Å². The highest BCUT2D eigenvalue weighted by Crippen LogP contribution is 2.35. The predicted octanol–water partition coefficient (Wildman–Crippen LogP) is 7.39. The zero-order valence-electron chi connectivity index (χ0n) is 22.0. The fraction of sp³-hybridized carbons (Fsp3) is 0.433. The van der Waals surface area contributed by atoms with E-state index in [1.54, 1.807) is 6.21 Å². The molecule has 0 saturated heterocycles. The van der Waals surface area contributed by atoms with E-state index < -0.39 is 0 Å². The number of benzene rings is 2. The van der Waals surface area contributed by atoms with Gasteiger partial charge in [0.15, 0.2) is 11.5 Å². The van der Waals surface area contributed by atoms with Crippen LogP contribution < -0.4 is 15.0 Å². The van der Waals surface area contributed by atoms with Crippen LogP contribution in [0.25, 0.3) is 10.9 Å². The second-order valence-electron chi connectivity index (χ2n) is 9.60. The molecule has 1 aliphatic rings. The molecule has 0 aliphatic heterocycles. The van der Waals surface area contributed by atoms with Gasteiger partial charge in [-0.05, 0) is 75.4 Å². The maximum atomic E-state index is 13.6. The number of hydrogen-bond acceptors (Lipinski definition) is 5. The molecule has 0 spiro atoms. The van der Waals surface area contributed by atoms with E-state index in [9.17, 15) is 4.79 Å². The molecule has 1 heterocycles. The lowest BCUT2D eigenvalue weighted by molar-refractivity contribution is 0.201. The first kappa shape index (κ1) is 27.1. The van der Waals surface area contributed by atoms with Crippen LogP contribution in [-0.2, 0) is 6.42 Å². The summed E-state index contributed by atoms with van der Waals surface area (Å²) < 4.78 is 14.5. The van der Waals surface area contributed by atoms with Crippen LogP contribution in [0, 0.1) is 0 Å². The standard InChI is InChI=1S/C30H36BrN3O3/c1-5-11-23-16-21(17-27(36-7-3)28(23)37-20(4)6-2)19-32-34-29(22-12-9-8-10-13-22)33-26-15-14-24(31)18-25(26)30(34)35/h5,14-20,22H,1,6-13H2,2-4H3/t20-/m1/s1. The zero-order chi connectivity index (χ0) is 26.4. The Morgan fingerprint density at radius 3 is 2.70 bits per heavy atom. The lowest BCUT2D eigenvalue weighted by Crippen LogP contribution is -2.25. The summed E-state index contributed by atoms with van der Waals surface area (Å²) in [5, 5.41) is 5.27. The number of ether oxygens (including phenoxy) is 2. The maximum Gasteiger partial charge on any atom is 0.282 e. The highest BCUT2D eigenvalue weighted by molar-refractivity contribution is 9.10. The number of allylic oxidation sites excluding steroid dienone is 1. The van der Waals surface area contributed by atoms with Crippen LogP contribution in [0.4, 0.5) is 0 Å². The Kier molecular flexibility index (Phi) is 9.19. The number of aromatic nitrogens is 2. The normalized spacial score (nSPS) is 15.2. The molecule has 1 atom stereocenters. The molecule has 1 aliphatic carbocycles. The third-order valence-corrected chi connectivity index (χ3v) is 7.33. The second kappa shape index (κ2) is 12.5. The van der Waals surface area contributed by atoms with Crippen LogP contribution in [0.1, 0.15) is 82.2 Å². The molecular weight excluding hydrogens is 530 g/mol. The van der Waals surface area contributed by atoms with Crippen LogP contribution in [0.2, 0.25) is 0 Å². The van der Waals surface area contributed by atoms with E-state index in [0.29, 0.717) is 29.7 Å². The van der Waals surface area contributed by atoms with Crippen molar-refractivity contribution in [1.29, 1.82) is 0 Å². The van der Waals surface area contributed by atoms with Crippen molar-refractivity contribution >= 4 is 33.0 Å². The van der Waals surface area contributed by atoms with E-state index in [4.69, 9.17) is 19.6 Å². The van der Waals surface area contributed by atoms with Crippen molar-refractivity contribution in [3.05, 3.63) is 74.8 Å². The molecule has 0 bridgehead atoms. The van der Waals surface area contributed by atoms with Crippen LogP contribution in [0.5, 0.6) is 11.5 Å². The first-order valence-corrected chi connectivity index (χ1v) is 14.1. The number of nitrogens with zero attached hydrogens (tertiary/aromatic N) is 3. The molecule has 196 valence electrons. The van der Waals surface area contributed by atoms with Crippen molar-refractivity contribution in [2.45, 2.75) is 77.7 Å². The van der Waals surface area contributed by atoms with E-state index >= 15 is 0 Å². The van der Waals surface area contributed by atoms with Gasteiger partial charge in [-0.15, -0.1) is 6.58 Å². The zero-order valence-corrected chi connectivity index (χ0v) is 23.6. The molecule has 1 aromatic heterocycles. The molecule has 2 aromatic carbocycles. The van der Waals surface area contributed by atoms with Gasteiger partial charge in [-0.1, -0.05) is 48.2 Å². The summed E-state index contributed by atoms with van der Waals surface area (Å²) >= 11 is 3.49. The minimum absolute atomic E-state index is 0.0573. The van der Waals surface area contributed by atoms with Crippen molar-refractivity contribution in [1.82, 2.24) is 9.66 Å². The van der Waals surface area contributed by atoms with E-state index in [2.05, 4.69) is 29.4 Å². The van der Waals surface area contributed by atoms with Gasteiger partial charge >= 0.3 is 0 Å². The average Bonchev–Trinajstić information content (AvgIpc) is 2.90. The van der Waals surface area contributed by atoms with Gasteiger partial charge in [0.05, 0.1) is 29.8 Å². The SMILES string of the molecule is C=CCc1cc(C=Nn2c(C3CCCCC3)nc3ccc(Br)cc3c2=O)cc(OCC)c1O[C@H](C)CC. The molecule has 4 rings (SSSR count). The van der Waals surface area contributed by atoms with Crippen LogP contribution in [-0.4, -0.2) is 28.6 Å². The van der Waals surface area contributed by atoms with Gasteiger partial charge in [0, 0.05) is 16.0 Å². The Morgan fingerprint density at radius 2 is 2.00 bits per heavy atom. The third kappa shape index (κ3) is 6.32. The topological polar surface area (TPSA) is 65.7 Å². The lowest BCUT2D eigenvalue weighted by atomic mass is 9.88. The Hall–Kier alpha value is -2.93. The van der Waals surface area contributed by atoms with E-state index in [0.717, 1.165) is 59.3 Å². The van der Waals surface area contributed by atoms with Crippen LogP contribution in [0.15, 0.2) is 57.4 Å². The third-order valence-electron chi connectivity index (χ3n) is 6.84. The summed E-state index contributed by atoms with van der Waals surface area (Å²) in [4.78, 5) is 18.6. The quantitative estimate of drug-likeness (QED) is 0.190. The maximum absolute atomic E-state index is 13.6. The fourth-order valence-corrected chi connectivity index (χ4v) is 5.13. The smallest absolute Gasteiger partial charge is 0.282 e. The van der Waals surface area contributed by atoms with Gasteiger partial charge in [0.1, 0.15) is 5.82 Å². The number of rotatable bonds is 10. The summed E-state index contributed by atoms with van der Waals surface area (Å²) in [5.41, 5.74) is 2.35. The highest BCUT2D eigenvalue weighted by Gasteiger charge is 2.23. The van der Waals surface area contributed by atoms with Crippen molar-refractivity contribution in [2.75, 3.05) is 6.61 Å². The molecule has 37 heavy (non-hydrogen) atoms. The Bertz CT molecular complexity index is 1340. The Labute approximate surface area is 227 Å². The van der Waals surface area contributed by atoms with Crippen LogP contribution >= 0.6 is 15.9 Å². The predicted molar refractivity (Wildman–Crippen MR) is 154 cm³/mol. The first-order chi connectivity index (χ1) is 17.9. The van der Waals surface area contributed by atoms with Crippen molar-refractivity contribution in [3.8, 4) is 11.5 Å². The molecule has 7 heteroatoms. The van der Waals surface area contributed by atoms with Gasteiger partial charge in [-0.25, -0.2) is 4.98 Å². The summed E-state index contributed by atoms with van der Waals surface area (Å²) in [6, 6.07) is 9.59. The second-order valence-corrected chi connectivity index (χ2v) is 10.5. The van der Waals surface area contributed by atoms with Gasteiger partial charge in [0.25, 0.3) is 5.56 Å². The molecule has 1 saturated carbocycles. The minimum atomic E-state index is -0.156. The van der Waals surface area contributed by atoms with Crippen molar-refractivity contribution in [3.63, 3.8) is 0 Å². The summed E-state index contributed by atoms with van der Waals surface area (Å²) in [6.45, 7) is 10.5. The van der Waals surface area contributed by atoms with Gasteiger partial charge in [-0.2, -0.15) is 9.78 Å². The molecule has 0 radical (unpaired) electrons. The molecule has 1 fully saturated rings. The number of halogens is 1. The number of fused-ring (bicyclic) bond motifs is 1. The van der Waals surface area contributed by atoms with E-state index in [1.807, 2.05) is 50.3 Å². The largest absolute Gasteiger partial charge is 0.490 e. The minimum Gasteiger partial charge on any atom is -0.490 e. The lowest BCUT2D eigenvalue weighted by Gasteiger charge is -2.23.